The molecular formula is C10H8BrClN2. The second-order valence-electron chi connectivity index (χ2n) is 2.87. The lowest BCUT2D eigenvalue weighted by Gasteiger charge is -2.00. The van der Waals surface area contributed by atoms with E-state index in [0.717, 1.165) is 21.7 Å². The fourth-order valence-corrected chi connectivity index (χ4v) is 1.68. The van der Waals surface area contributed by atoms with Crippen LogP contribution in [0.5, 0.6) is 0 Å². The third-order valence-electron chi connectivity index (χ3n) is 1.85. The van der Waals surface area contributed by atoms with Crippen LogP contribution in [0.1, 0.15) is 5.69 Å². The van der Waals surface area contributed by atoms with Crippen LogP contribution in [0.3, 0.4) is 0 Å². The summed E-state index contributed by atoms with van der Waals surface area (Å²) in [6.45, 7) is 0. The molecule has 0 radical (unpaired) electrons. The molecule has 2 rings (SSSR count). The fourth-order valence-electron chi connectivity index (χ4n) is 1.20. The average molecular weight is 272 g/mol. The summed E-state index contributed by atoms with van der Waals surface area (Å²) in [6.07, 6.45) is 1.92. The average Bonchev–Trinajstić information content (AvgIpc) is 2.66. The molecular weight excluding hydrogens is 263 g/mol. The number of nitrogens with zero attached hydrogens (tertiary/aromatic N) is 2. The molecule has 1 aromatic heterocycles. The maximum absolute atomic E-state index is 5.89. The molecule has 72 valence electrons. The van der Waals surface area contributed by atoms with Crippen molar-refractivity contribution in [1.82, 2.24) is 9.78 Å². The van der Waals surface area contributed by atoms with Crippen LogP contribution in [-0.4, -0.2) is 9.78 Å². The van der Waals surface area contributed by atoms with Gasteiger partial charge in [-0.3, -0.25) is 0 Å². The highest BCUT2D eigenvalue weighted by atomic mass is 79.9. The van der Waals surface area contributed by atoms with E-state index < -0.39 is 0 Å². The predicted octanol–water partition coefficient (Wildman–Crippen LogP) is 3.42. The summed E-state index contributed by atoms with van der Waals surface area (Å²) in [6, 6.07) is 9.58. The SMILES string of the molecule is Clc1cccc(-n2ccc(CBr)n2)c1. The molecule has 0 bridgehead atoms. The topological polar surface area (TPSA) is 17.8 Å². The first-order valence-electron chi connectivity index (χ1n) is 4.16. The Balaban J connectivity index is 2.39. The number of halogens is 2. The maximum atomic E-state index is 5.89. The first kappa shape index (κ1) is 9.74. The summed E-state index contributed by atoms with van der Waals surface area (Å²) >= 11 is 9.24. The molecule has 1 aromatic carbocycles. The van der Waals surface area contributed by atoms with Crippen molar-refractivity contribution < 1.29 is 0 Å². The highest BCUT2D eigenvalue weighted by molar-refractivity contribution is 9.08. The third kappa shape index (κ3) is 1.99. The van der Waals surface area contributed by atoms with E-state index in [9.17, 15) is 0 Å². The van der Waals surface area contributed by atoms with Crippen LogP contribution in [0, 0.1) is 0 Å². The molecule has 0 fully saturated rings. The maximum Gasteiger partial charge on any atom is 0.0734 e. The van der Waals surface area contributed by atoms with Gasteiger partial charge in [0, 0.05) is 16.5 Å². The summed E-state index contributed by atoms with van der Waals surface area (Å²) in [5, 5.41) is 5.84. The molecule has 0 atom stereocenters. The van der Waals surface area contributed by atoms with Gasteiger partial charge in [0.2, 0.25) is 0 Å². The Morgan fingerprint density at radius 1 is 1.36 bits per heavy atom. The first-order valence-corrected chi connectivity index (χ1v) is 5.66. The lowest BCUT2D eigenvalue weighted by Crippen LogP contribution is -1.94. The van der Waals surface area contributed by atoms with Gasteiger partial charge < -0.3 is 0 Å². The van der Waals surface area contributed by atoms with E-state index in [2.05, 4.69) is 21.0 Å². The van der Waals surface area contributed by atoms with E-state index in [1.165, 1.54) is 0 Å². The Bertz CT molecular complexity index is 439. The Labute approximate surface area is 95.6 Å². The molecule has 0 unspecified atom stereocenters. The summed E-state index contributed by atoms with van der Waals surface area (Å²) in [7, 11) is 0. The molecule has 0 aliphatic rings. The van der Waals surface area contributed by atoms with E-state index in [-0.39, 0.29) is 0 Å². The molecule has 0 saturated heterocycles. The van der Waals surface area contributed by atoms with Gasteiger partial charge in [-0.05, 0) is 24.3 Å². The van der Waals surface area contributed by atoms with Crippen LogP contribution in [-0.2, 0) is 5.33 Å². The van der Waals surface area contributed by atoms with Crippen molar-refractivity contribution in [2.75, 3.05) is 0 Å². The number of alkyl halides is 1. The van der Waals surface area contributed by atoms with E-state index in [1.807, 2.05) is 41.2 Å². The minimum absolute atomic E-state index is 0.721. The summed E-state index contributed by atoms with van der Waals surface area (Å²) in [4.78, 5) is 0. The van der Waals surface area contributed by atoms with Gasteiger partial charge >= 0.3 is 0 Å². The molecule has 0 amide bonds. The van der Waals surface area contributed by atoms with Crippen molar-refractivity contribution in [1.29, 1.82) is 0 Å². The van der Waals surface area contributed by atoms with Crippen LogP contribution in [0.25, 0.3) is 5.69 Å². The highest BCUT2D eigenvalue weighted by Crippen LogP contribution is 2.14. The van der Waals surface area contributed by atoms with Crippen LogP contribution in [0.4, 0.5) is 0 Å². The molecule has 14 heavy (non-hydrogen) atoms. The van der Waals surface area contributed by atoms with Crippen molar-refractivity contribution in [2.45, 2.75) is 5.33 Å². The minimum atomic E-state index is 0.721. The zero-order valence-electron chi connectivity index (χ0n) is 7.32. The van der Waals surface area contributed by atoms with E-state index >= 15 is 0 Å². The Hall–Kier alpha value is -0.800. The quantitative estimate of drug-likeness (QED) is 0.765. The van der Waals surface area contributed by atoms with E-state index in [0.29, 0.717) is 0 Å². The lowest BCUT2D eigenvalue weighted by atomic mass is 10.3. The highest BCUT2D eigenvalue weighted by Gasteiger charge is 1.99. The fraction of sp³-hybridized carbons (Fsp3) is 0.100. The van der Waals surface area contributed by atoms with Gasteiger partial charge in [0.1, 0.15) is 0 Å². The van der Waals surface area contributed by atoms with Crippen molar-refractivity contribution in [3.05, 3.63) is 47.2 Å². The zero-order valence-corrected chi connectivity index (χ0v) is 9.66. The molecule has 4 heteroatoms. The molecule has 0 spiro atoms. The van der Waals surface area contributed by atoms with Crippen molar-refractivity contribution in [3.63, 3.8) is 0 Å². The second kappa shape index (κ2) is 4.15. The number of hydrogen-bond acceptors (Lipinski definition) is 1. The van der Waals surface area contributed by atoms with Gasteiger partial charge in [-0.15, -0.1) is 0 Å². The van der Waals surface area contributed by atoms with Gasteiger partial charge in [0.25, 0.3) is 0 Å². The standard InChI is InChI=1S/C10H8BrClN2/c11-7-9-4-5-14(13-9)10-3-1-2-8(12)6-10/h1-6H,7H2. The van der Waals surface area contributed by atoms with Crippen LogP contribution < -0.4 is 0 Å². The third-order valence-corrected chi connectivity index (χ3v) is 2.66. The minimum Gasteiger partial charge on any atom is -0.241 e. The summed E-state index contributed by atoms with van der Waals surface area (Å²) < 4.78 is 1.81. The predicted molar refractivity (Wildman–Crippen MR) is 61.2 cm³/mol. The van der Waals surface area contributed by atoms with Gasteiger partial charge in [-0.25, -0.2) is 4.68 Å². The van der Waals surface area contributed by atoms with Crippen LogP contribution >= 0.6 is 27.5 Å². The molecule has 2 nitrogen and oxygen atoms in total. The normalized spacial score (nSPS) is 10.4. The van der Waals surface area contributed by atoms with Crippen molar-refractivity contribution in [3.8, 4) is 5.69 Å². The zero-order chi connectivity index (χ0) is 9.97. The molecule has 1 heterocycles. The Morgan fingerprint density at radius 3 is 2.86 bits per heavy atom. The molecule has 0 saturated carbocycles. The first-order chi connectivity index (χ1) is 6.79. The number of benzene rings is 1. The monoisotopic (exact) mass is 270 g/mol. The number of aromatic nitrogens is 2. The Morgan fingerprint density at radius 2 is 2.21 bits per heavy atom. The van der Waals surface area contributed by atoms with Crippen LogP contribution in [0.2, 0.25) is 5.02 Å². The lowest BCUT2D eigenvalue weighted by molar-refractivity contribution is 0.860. The second-order valence-corrected chi connectivity index (χ2v) is 3.86. The number of hydrogen-bond donors (Lipinski definition) is 0. The molecule has 0 aliphatic heterocycles. The largest absolute Gasteiger partial charge is 0.241 e. The molecule has 2 aromatic rings. The summed E-state index contributed by atoms with van der Waals surface area (Å²) in [5.41, 5.74) is 1.98. The summed E-state index contributed by atoms with van der Waals surface area (Å²) in [5.74, 6) is 0. The van der Waals surface area contributed by atoms with Crippen molar-refractivity contribution in [2.24, 2.45) is 0 Å². The molecule has 0 aliphatic carbocycles. The van der Waals surface area contributed by atoms with Gasteiger partial charge in [0.15, 0.2) is 0 Å². The molecule has 0 N–H and O–H groups in total. The van der Waals surface area contributed by atoms with Crippen molar-refractivity contribution >= 4 is 27.5 Å². The van der Waals surface area contributed by atoms with Gasteiger partial charge in [-0.2, -0.15) is 5.10 Å². The Kier molecular flexibility index (Phi) is 2.89. The van der Waals surface area contributed by atoms with Gasteiger partial charge in [-0.1, -0.05) is 33.6 Å². The smallest absolute Gasteiger partial charge is 0.0734 e. The van der Waals surface area contributed by atoms with Gasteiger partial charge in [0.05, 0.1) is 11.4 Å². The van der Waals surface area contributed by atoms with Crippen LogP contribution in [0.15, 0.2) is 36.5 Å². The number of rotatable bonds is 2. The van der Waals surface area contributed by atoms with E-state index in [1.54, 1.807) is 0 Å². The van der Waals surface area contributed by atoms with E-state index in [4.69, 9.17) is 11.6 Å².